The first kappa shape index (κ1) is 15.5. The van der Waals surface area contributed by atoms with Crippen molar-refractivity contribution in [1.29, 1.82) is 0 Å². The molecule has 2 amide bonds. The van der Waals surface area contributed by atoms with Gasteiger partial charge in [-0.15, -0.1) is 0 Å². The first-order valence-electron chi connectivity index (χ1n) is 8.28. The third-order valence-corrected chi connectivity index (χ3v) is 4.87. The molecule has 0 aliphatic carbocycles. The zero-order chi connectivity index (χ0) is 15.4. The summed E-state index contributed by atoms with van der Waals surface area (Å²) in [4.78, 5) is 19.0. The van der Waals surface area contributed by atoms with Gasteiger partial charge in [-0.1, -0.05) is 24.4 Å². The minimum atomic E-state index is 0.234. The quantitative estimate of drug-likeness (QED) is 0.792. The lowest BCUT2D eigenvalue weighted by Crippen LogP contribution is -2.53. The molecule has 22 heavy (non-hydrogen) atoms. The Morgan fingerprint density at radius 1 is 0.773 bits per heavy atom. The number of benzene rings is 1. The van der Waals surface area contributed by atoms with E-state index in [1.807, 2.05) is 21.9 Å². The van der Waals surface area contributed by atoms with E-state index in [-0.39, 0.29) is 6.03 Å². The van der Waals surface area contributed by atoms with Gasteiger partial charge in [0.15, 0.2) is 0 Å². The van der Waals surface area contributed by atoms with Crippen molar-refractivity contribution in [2.45, 2.75) is 25.7 Å². The van der Waals surface area contributed by atoms with Crippen molar-refractivity contribution in [3.8, 4) is 0 Å². The van der Waals surface area contributed by atoms with Crippen LogP contribution in [0.25, 0.3) is 0 Å². The van der Waals surface area contributed by atoms with Crippen LogP contribution in [-0.2, 0) is 0 Å². The van der Waals surface area contributed by atoms with Crippen LogP contribution in [0.3, 0.4) is 0 Å². The van der Waals surface area contributed by atoms with Gasteiger partial charge in [-0.25, -0.2) is 4.79 Å². The Morgan fingerprint density at radius 3 is 1.91 bits per heavy atom. The highest BCUT2D eigenvalue weighted by Gasteiger charge is 2.25. The summed E-state index contributed by atoms with van der Waals surface area (Å²) < 4.78 is 0. The summed E-state index contributed by atoms with van der Waals surface area (Å²) in [5, 5.41) is 0.763. The number of carbonyl (C=O) groups is 1. The Balaban J connectivity index is 1.54. The van der Waals surface area contributed by atoms with Crippen LogP contribution in [0.4, 0.5) is 10.5 Å². The van der Waals surface area contributed by atoms with Crippen molar-refractivity contribution < 1.29 is 4.79 Å². The molecule has 5 heteroatoms. The minimum Gasteiger partial charge on any atom is -0.368 e. The number of hydrogen-bond donors (Lipinski definition) is 0. The largest absolute Gasteiger partial charge is 0.368 e. The minimum absolute atomic E-state index is 0.234. The van der Waals surface area contributed by atoms with Gasteiger partial charge in [0.25, 0.3) is 0 Å². The van der Waals surface area contributed by atoms with Crippen LogP contribution in [0.1, 0.15) is 25.7 Å². The van der Waals surface area contributed by atoms with Crippen LogP contribution < -0.4 is 4.90 Å². The SMILES string of the molecule is O=C(N1CCCCCC1)N1CCN(c2ccc(Cl)cc2)CC1. The third kappa shape index (κ3) is 3.67. The number of carbonyl (C=O) groups excluding carboxylic acids is 1. The summed E-state index contributed by atoms with van der Waals surface area (Å²) in [7, 11) is 0. The van der Waals surface area contributed by atoms with Crippen molar-refractivity contribution in [2.24, 2.45) is 0 Å². The van der Waals surface area contributed by atoms with E-state index < -0.39 is 0 Å². The molecule has 4 nitrogen and oxygen atoms in total. The molecule has 3 rings (SSSR count). The van der Waals surface area contributed by atoms with Crippen LogP contribution in [0.2, 0.25) is 5.02 Å². The molecule has 0 N–H and O–H groups in total. The molecule has 0 bridgehead atoms. The van der Waals surface area contributed by atoms with Crippen molar-refractivity contribution in [3.05, 3.63) is 29.3 Å². The zero-order valence-electron chi connectivity index (χ0n) is 13.0. The first-order chi connectivity index (χ1) is 10.7. The number of hydrogen-bond acceptors (Lipinski definition) is 2. The number of piperazine rings is 1. The average molecular weight is 322 g/mol. The number of rotatable bonds is 1. The Bertz CT molecular complexity index is 489. The van der Waals surface area contributed by atoms with Gasteiger partial charge in [0.05, 0.1) is 0 Å². The van der Waals surface area contributed by atoms with Crippen LogP contribution in [0.15, 0.2) is 24.3 Å². The number of halogens is 1. The normalized spacial score (nSPS) is 20.0. The predicted molar refractivity (Wildman–Crippen MR) is 90.7 cm³/mol. The van der Waals surface area contributed by atoms with Gasteiger partial charge in [-0.05, 0) is 37.1 Å². The second-order valence-corrected chi connectivity index (χ2v) is 6.57. The van der Waals surface area contributed by atoms with E-state index in [0.29, 0.717) is 0 Å². The lowest BCUT2D eigenvalue weighted by molar-refractivity contribution is 0.151. The molecule has 2 heterocycles. The van der Waals surface area contributed by atoms with Crippen LogP contribution in [0, 0.1) is 0 Å². The molecule has 0 aromatic heterocycles. The maximum Gasteiger partial charge on any atom is 0.320 e. The molecule has 1 aromatic carbocycles. The molecule has 0 saturated carbocycles. The first-order valence-corrected chi connectivity index (χ1v) is 8.66. The van der Waals surface area contributed by atoms with E-state index in [9.17, 15) is 4.79 Å². The van der Waals surface area contributed by atoms with Gasteiger partial charge in [-0.3, -0.25) is 0 Å². The van der Waals surface area contributed by atoms with E-state index >= 15 is 0 Å². The average Bonchev–Trinajstić information content (AvgIpc) is 2.84. The Labute approximate surface area is 137 Å². The van der Waals surface area contributed by atoms with E-state index in [1.54, 1.807) is 0 Å². The van der Waals surface area contributed by atoms with E-state index in [4.69, 9.17) is 11.6 Å². The van der Waals surface area contributed by atoms with E-state index in [0.717, 1.165) is 57.1 Å². The number of likely N-dealkylation sites (tertiary alicyclic amines) is 1. The standard InChI is InChI=1S/C17H24ClN3O/c18-15-5-7-16(8-6-15)19-11-13-21(14-12-19)17(22)20-9-3-1-2-4-10-20/h5-8H,1-4,9-14H2. The predicted octanol–water partition coefficient (Wildman–Crippen LogP) is 3.46. The van der Waals surface area contributed by atoms with Gasteiger partial charge in [0.2, 0.25) is 0 Å². The second kappa shape index (κ2) is 7.23. The van der Waals surface area contributed by atoms with Gasteiger partial charge in [-0.2, -0.15) is 0 Å². The highest BCUT2D eigenvalue weighted by atomic mass is 35.5. The van der Waals surface area contributed by atoms with Crippen molar-refractivity contribution >= 4 is 23.3 Å². The number of amides is 2. The monoisotopic (exact) mass is 321 g/mol. The molecule has 2 aliphatic heterocycles. The molecule has 0 spiro atoms. The Morgan fingerprint density at radius 2 is 1.32 bits per heavy atom. The lowest BCUT2D eigenvalue weighted by Gasteiger charge is -2.38. The van der Waals surface area contributed by atoms with E-state index in [2.05, 4.69) is 17.0 Å². The van der Waals surface area contributed by atoms with Gasteiger partial charge in [0, 0.05) is 50.0 Å². The molecule has 2 fully saturated rings. The molecule has 120 valence electrons. The smallest absolute Gasteiger partial charge is 0.320 e. The maximum absolute atomic E-state index is 12.6. The van der Waals surface area contributed by atoms with E-state index in [1.165, 1.54) is 18.5 Å². The number of anilines is 1. The van der Waals surface area contributed by atoms with Crippen LogP contribution in [0.5, 0.6) is 0 Å². The summed E-state index contributed by atoms with van der Waals surface area (Å²) in [6, 6.07) is 8.18. The number of urea groups is 1. The molecule has 1 aromatic rings. The van der Waals surface area contributed by atoms with Crippen molar-refractivity contribution in [2.75, 3.05) is 44.2 Å². The number of nitrogens with zero attached hydrogens (tertiary/aromatic N) is 3. The lowest BCUT2D eigenvalue weighted by atomic mass is 10.2. The van der Waals surface area contributed by atoms with Gasteiger partial charge < -0.3 is 14.7 Å². The van der Waals surface area contributed by atoms with Crippen LogP contribution in [-0.4, -0.2) is 55.1 Å². The van der Waals surface area contributed by atoms with Gasteiger partial charge in [0.1, 0.15) is 0 Å². The zero-order valence-corrected chi connectivity index (χ0v) is 13.8. The third-order valence-electron chi connectivity index (χ3n) is 4.62. The summed E-state index contributed by atoms with van der Waals surface area (Å²) in [6.07, 6.45) is 4.81. The molecular weight excluding hydrogens is 298 g/mol. The fourth-order valence-electron chi connectivity index (χ4n) is 3.27. The maximum atomic E-state index is 12.6. The van der Waals surface area contributed by atoms with Gasteiger partial charge >= 0.3 is 6.03 Å². The summed E-state index contributed by atoms with van der Waals surface area (Å²) in [5.74, 6) is 0. The fraction of sp³-hybridized carbons (Fsp3) is 0.588. The topological polar surface area (TPSA) is 26.8 Å². The summed E-state index contributed by atoms with van der Waals surface area (Å²) in [6.45, 7) is 5.24. The molecule has 2 saturated heterocycles. The summed E-state index contributed by atoms with van der Waals surface area (Å²) >= 11 is 5.94. The highest BCUT2D eigenvalue weighted by Crippen LogP contribution is 2.20. The van der Waals surface area contributed by atoms with Crippen molar-refractivity contribution in [1.82, 2.24) is 9.80 Å². The molecule has 2 aliphatic rings. The van der Waals surface area contributed by atoms with Crippen LogP contribution >= 0.6 is 11.6 Å². The fourth-order valence-corrected chi connectivity index (χ4v) is 3.40. The second-order valence-electron chi connectivity index (χ2n) is 6.13. The summed E-state index contributed by atoms with van der Waals surface area (Å²) in [5.41, 5.74) is 1.19. The Kier molecular flexibility index (Phi) is 5.08. The highest BCUT2D eigenvalue weighted by molar-refractivity contribution is 6.30. The Hall–Kier alpha value is -1.42. The molecule has 0 atom stereocenters. The molecular formula is C17H24ClN3O. The molecule has 0 radical (unpaired) electrons. The molecule has 0 unspecified atom stereocenters. The van der Waals surface area contributed by atoms with Crippen molar-refractivity contribution in [3.63, 3.8) is 0 Å².